The first-order valence-electron chi connectivity index (χ1n) is 6.87. The Hall–Kier alpha value is -1.48. The molecule has 8 heteroatoms. The zero-order valence-corrected chi connectivity index (χ0v) is 13.4. The number of nitrogens with two attached hydrogens (primary N) is 1. The number of hydrogen-bond donors (Lipinski definition) is 1. The molecule has 0 spiro atoms. The van der Waals surface area contributed by atoms with Crippen LogP contribution in [0.4, 0.5) is 0 Å². The fraction of sp³-hybridized carbons (Fsp3) is 0.500. The molecule has 1 aliphatic rings. The van der Waals surface area contributed by atoms with E-state index in [1.165, 1.54) is 23.5 Å². The molecule has 7 nitrogen and oxygen atoms in total. The maximum absolute atomic E-state index is 12.7. The van der Waals surface area contributed by atoms with Crippen LogP contribution in [-0.2, 0) is 19.5 Å². The number of amides is 1. The van der Waals surface area contributed by atoms with E-state index < -0.39 is 15.9 Å². The van der Waals surface area contributed by atoms with Crippen molar-refractivity contribution in [3.63, 3.8) is 0 Å². The second-order valence-corrected chi connectivity index (χ2v) is 7.09. The highest BCUT2D eigenvalue weighted by atomic mass is 32.2. The predicted molar refractivity (Wildman–Crippen MR) is 80.1 cm³/mol. The molecular formula is C14H20N2O5S. The Morgan fingerprint density at radius 2 is 2.23 bits per heavy atom. The molecular weight excluding hydrogens is 308 g/mol. The lowest BCUT2D eigenvalue weighted by atomic mass is 10.1. The average Bonchev–Trinajstić information content (AvgIpc) is 2.48. The molecule has 1 aromatic rings. The largest absolute Gasteiger partial charge is 0.382 e. The number of primary amides is 1. The van der Waals surface area contributed by atoms with E-state index >= 15 is 0 Å². The van der Waals surface area contributed by atoms with E-state index in [1.807, 2.05) is 0 Å². The van der Waals surface area contributed by atoms with Crippen LogP contribution in [0.2, 0.25) is 0 Å². The predicted octanol–water partition coefficient (Wildman–Crippen LogP) is 0.130. The van der Waals surface area contributed by atoms with E-state index in [0.29, 0.717) is 18.8 Å². The zero-order valence-electron chi connectivity index (χ0n) is 12.6. The van der Waals surface area contributed by atoms with Crippen LogP contribution in [0.15, 0.2) is 23.1 Å². The number of aryl methyl sites for hydroxylation is 1. The second kappa shape index (κ2) is 6.74. The molecule has 22 heavy (non-hydrogen) atoms. The molecule has 0 saturated carbocycles. The van der Waals surface area contributed by atoms with Gasteiger partial charge in [-0.15, -0.1) is 0 Å². The number of carbonyl (C=O) groups is 1. The molecule has 1 unspecified atom stereocenters. The Balaban J connectivity index is 2.30. The van der Waals surface area contributed by atoms with E-state index in [1.54, 1.807) is 13.0 Å². The molecule has 0 radical (unpaired) electrons. The Kier molecular flexibility index (Phi) is 5.17. The first-order valence-corrected chi connectivity index (χ1v) is 8.31. The molecule has 1 heterocycles. The van der Waals surface area contributed by atoms with Crippen molar-refractivity contribution < 1.29 is 22.7 Å². The van der Waals surface area contributed by atoms with Crippen LogP contribution < -0.4 is 5.73 Å². The lowest BCUT2D eigenvalue weighted by molar-refractivity contribution is -0.0406. The number of benzene rings is 1. The van der Waals surface area contributed by atoms with Gasteiger partial charge in [-0.2, -0.15) is 4.31 Å². The van der Waals surface area contributed by atoms with Crippen LogP contribution in [0.5, 0.6) is 0 Å². The summed E-state index contributed by atoms with van der Waals surface area (Å²) in [7, 11) is -2.16. The van der Waals surface area contributed by atoms with Crippen molar-refractivity contribution >= 4 is 15.9 Å². The molecule has 1 atom stereocenters. The quantitative estimate of drug-likeness (QED) is 0.828. The van der Waals surface area contributed by atoms with Crippen LogP contribution in [0.1, 0.15) is 15.9 Å². The normalized spacial score (nSPS) is 20.0. The summed E-state index contributed by atoms with van der Waals surface area (Å²) in [5, 5.41) is 0. The number of ether oxygens (including phenoxy) is 2. The van der Waals surface area contributed by atoms with Gasteiger partial charge in [0.05, 0.1) is 24.2 Å². The van der Waals surface area contributed by atoms with Gasteiger partial charge in [0.1, 0.15) is 0 Å². The van der Waals surface area contributed by atoms with Crippen molar-refractivity contribution in [2.45, 2.75) is 17.9 Å². The van der Waals surface area contributed by atoms with Crippen molar-refractivity contribution in [2.75, 3.05) is 33.4 Å². The van der Waals surface area contributed by atoms with E-state index in [4.69, 9.17) is 15.2 Å². The minimum atomic E-state index is -3.70. The third-order valence-electron chi connectivity index (χ3n) is 3.57. The highest BCUT2D eigenvalue weighted by molar-refractivity contribution is 7.89. The summed E-state index contributed by atoms with van der Waals surface area (Å²) in [6, 6.07) is 4.39. The fourth-order valence-corrected chi connectivity index (χ4v) is 3.86. The van der Waals surface area contributed by atoms with Gasteiger partial charge in [0.25, 0.3) is 0 Å². The number of morpholine rings is 1. The van der Waals surface area contributed by atoms with Crippen LogP contribution in [0, 0.1) is 6.92 Å². The minimum Gasteiger partial charge on any atom is -0.382 e. The Morgan fingerprint density at radius 1 is 1.50 bits per heavy atom. The van der Waals surface area contributed by atoms with Crippen molar-refractivity contribution in [3.05, 3.63) is 29.3 Å². The maximum atomic E-state index is 12.7. The molecule has 2 rings (SSSR count). The van der Waals surface area contributed by atoms with Crippen molar-refractivity contribution in [3.8, 4) is 0 Å². The van der Waals surface area contributed by atoms with Gasteiger partial charge in [0.2, 0.25) is 15.9 Å². The zero-order chi connectivity index (χ0) is 16.3. The molecule has 1 saturated heterocycles. The summed E-state index contributed by atoms with van der Waals surface area (Å²) in [4.78, 5) is 11.5. The highest BCUT2D eigenvalue weighted by Crippen LogP contribution is 2.21. The summed E-state index contributed by atoms with van der Waals surface area (Å²) in [6.45, 7) is 2.83. The van der Waals surface area contributed by atoms with E-state index in [9.17, 15) is 13.2 Å². The summed E-state index contributed by atoms with van der Waals surface area (Å²) < 4.78 is 37.2. The molecule has 1 aliphatic heterocycles. The Morgan fingerprint density at radius 3 is 2.86 bits per heavy atom. The topological polar surface area (TPSA) is 98.9 Å². The molecule has 1 aromatic carbocycles. The van der Waals surface area contributed by atoms with Crippen molar-refractivity contribution in [1.29, 1.82) is 0 Å². The van der Waals surface area contributed by atoms with Gasteiger partial charge in [0, 0.05) is 25.8 Å². The monoisotopic (exact) mass is 328 g/mol. The van der Waals surface area contributed by atoms with Gasteiger partial charge in [-0.25, -0.2) is 8.42 Å². The van der Waals surface area contributed by atoms with Gasteiger partial charge >= 0.3 is 0 Å². The SMILES string of the molecule is COCC1CN(S(=O)(=O)c2ccc(C)c(C(N)=O)c2)CCO1. The standard InChI is InChI=1S/C14H20N2O5S/c1-10-3-4-12(7-13(10)14(15)17)22(18,19)16-5-6-21-11(8-16)9-20-2/h3-4,7,11H,5-6,8-9H2,1-2H3,(H2,15,17). The lowest BCUT2D eigenvalue weighted by Crippen LogP contribution is -2.47. The van der Waals surface area contributed by atoms with E-state index in [2.05, 4.69) is 0 Å². The van der Waals surface area contributed by atoms with Crippen molar-refractivity contribution in [1.82, 2.24) is 4.31 Å². The third-order valence-corrected chi connectivity index (χ3v) is 5.43. The molecule has 0 aromatic heterocycles. The van der Waals surface area contributed by atoms with Gasteiger partial charge in [0.15, 0.2) is 0 Å². The van der Waals surface area contributed by atoms with Gasteiger partial charge < -0.3 is 15.2 Å². The number of hydrogen-bond acceptors (Lipinski definition) is 5. The van der Waals surface area contributed by atoms with Crippen LogP contribution in [0.25, 0.3) is 0 Å². The first kappa shape index (κ1) is 16.9. The minimum absolute atomic E-state index is 0.0602. The number of rotatable bonds is 5. The molecule has 0 bridgehead atoms. The average molecular weight is 328 g/mol. The van der Waals surface area contributed by atoms with Crippen LogP contribution in [0.3, 0.4) is 0 Å². The highest BCUT2D eigenvalue weighted by Gasteiger charge is 2.31. The van der Waals surface area contributed by atoms with E-state index in [-0.39, 0.29) is 29.7 Å². The van der Waals surface area contributed by atoms with Crippen LogP contribution in [-0.4, -0.2) is 58.1 Å². The molecule has 1 amide bonds. The van der Waals surface area contributed by atoms with Gasteiger partial charge in [-0.1, -0.05) is 6.07 Å². The smallest absolute Gasteiger partial charge is 0.249 e. The summed E-state index contributed by atoms with van der Waals surface area (Å²) in [5.74, 6) is -0.645. The lowest BCUT2D eigenvalue weighted by Gasteiger charge is -2.31. The molecule has 2 N–H and O–H groups in total. The molecule has 1 fully saturated rings. The number of methoxy groups -OCH3 is 1. The third kappa shape index (κ3) is 3.46. The molecule has 0 aliphatic carbocycles. The molecule has 122 valence electrons. The first-order chi connectivity index (χ1) is 10.4. The number of sulfonamides is 1. The fourth-order valence-electron chi connectivity index (χ4n) is 2.37. The summed E-state index contributed by atoms with van der Waals surface area (Å²) in [5.41, 5.74) is 6.14. The number of nitrogens with zero attached hydrogens (tertiary/aromatic N) is 1. The van der Waals surface area contributed by atoms with Gasteiger partial charge in [-0.3, -0.25) is 4.79 Å². The van der Waals surface area contributed by atoms with Gasteiger partial charge in [-0.05, 0) is 24.6 Å². The van der Waals surface area contributed by atoms with Crippen LogP contribution >= 0.6 is 0 Å². The summed E-state index contributed by atoms with van der Waals surface area (Å²) >= 11 is 0. The van der Waals surface area contributed by atoms with E-state index in [0.717, 1.165) is 0 Å². The Bertz CT molecular complexity index is 657. The van der Waals surface area contributed by atoms with Crippen molar-refractivity contribution in [2.24, 2.45) is 5.73 Å². The number of carbonyl (C=O) groups excluding carboxylic acids is 1. The summed E-state index contributed by atoms with van der Waals surface area (Å²) in [6.07, 6.45) is -0.297. The maximum Gasteiger partial charge on any atom is 0.249 e. The Labute approximate surface area is 130 Å². The second-order valence-electron chi connectivity index (χ2n) is 5.15.